The summed E-state index contributed by atoms with van der Waals surface area (Å²) in [5.41, 5.74) is 1.73. The second kappa shape index (κ2) is 6.47. The van der Waals surface area contributed by atoms with E-state index < -0.39 is 12.1 Å². The van der Waals surface area contributed by atoms with E-state index in [-0.39, 0.29) is 5.71 Å². The van der Waals surface area contributed by atoms with Crippen molar-refractivity contribution in [3.05, 3.63) is 24.0 Å². The van der Waals surface area contributed by atoms with Gasteiger partial charge in [-0.05, 0) is 18.6 Å². The molecule has 20 heavy (non-hydrogen) atoms. The summed E-state index contributed by atoms with van der Waals surface area (Å²) in [6, 6.07) is 3.71. The number of unbranched alkanes of at least 4 members (excludes halogenated alkanes) is 1. The van der Waals surface area contributed by atoms with E-state index in [9.17, 15) is 4.79 Å². The highest BCUT2D eigenvalue weighted by Gasteiger charge is 2.34. The number of ether oxygens (including phenoxy) is 2. The average molecular weight is 277 g/mol. The van der Waals surface area contributed by atoms with E-state index in [1.165, 1.54) is 7.11 Å². The predicted octanol–water partition coefficient (Wildman–Crippen LogP) is 1.92. The van der Waals surface area contributed by atoms with Crippen molar-refractivity contribution in [1.29, 1.82) is 0 Å². The van der Waals surface area contributed by atoms with Crippen molar-refractivity contribution in [3.8, 4) is 0 Å². The number of aromatic nitrogens is 1. The molecule has 108 valence electrons. The van der Waals surface area contributed by atoms with Crippen LogP contribution < -0.4 is 5.01 Å². The number of carbonyl (C=O) groups excluding carboxylic acids is 1. The molecule has 0 fully saturated rings. The van der Waals surface area contributed by atoms with Crippen LogP contribution in [0.15, 0.2) is 23.4 Å². The molecule has 0 saturated heterocycles. The summed E-state index contributed by atoms with van der Waals surface area (Å²) in [6.07, 6.45) is 2.89. The number of nitrogens with zero attached hydrogens (tertiary/aromatic N) is 3. The fourth-order valence-corrected chi connectivity index (χ4v) is 2.04. The van der Waals surface area contributed by atoms with Crippen LogP contribution in [0.1, 0.15) is 31.6 Å². The van der Waals surface area contributed by atoms with Crippen molar-refractivity contribution >= 4 is 17.4 Å². The summed E-state index contributed by atoms with van der Waals surface area (Å²) in [6.45, 7) is 2.43. The number of pyridine rings is 1. The second-order valence-electron chi connectivity index (χ2n) is 4.52. The number of hydrogen-bond acceptors (Lipinski definition) is 6. The first-order chi connectivity index (χ1) is 9.69. The Labute approximate surface area is 118 Å². The van der Waals surface area contributed by atoms with E-state index in [1.807, 2.05) is 19.1 Å². The zero-order valence-electron chi connectivity index (χ0n) is 12.0. The molecule has 0 bridgehead atoms. The van der Waals surface area contributed by atoms with Crippen LogP contribution in [-0.4, -0.2) is 37.4 Å². The number of rotatable bonds is 5. The van der Waals surface area contributed by atoms with E-state index in [0.717, 1.165) is 18.5 Å². The Hall–Kier alpha value is -1.95. The molecule has 1 aliphatic rings. The second-order valence-corrected chi connectivity index (χ2v) is 4.52. The first-order valence-corrected chi connectivity index (χ1v) is 6.66. The maximum absolute atomic E-state index is 12.1. The zero-order chi connectivity index (χ0) is 14.5. The van der Waals surface area contributed by atoms with Gasteiger partial charge in [0.2, 0.25) is 0 Å². The normalized spacial score (nSPS) is 17.4. The van der Waals surface area contributed by atoms with Gasteiger partial charge >= 0.3 is 5.97 Å². The van der Waals surface area contributed by atoms with Crippen LogP contribution in [0.25, 0.3) is 0 Å². The molecule has 1 aromatic rings. The molecule has 1 atom stereocenters. The maximum Gasteiger partial charge on any atom is 0.357 e. The molecule has 6 heteroatoms. The van der Waals surface area contributed by atoms with E-state index >= 15 is 0 Å². The summed E-state index contributed by atoms with van der Waals surface area (Å²) in [5.74, 6) is -0.451. The van der Waals surface area contributed by atoms with Crippen LogP contribution in [-0.2, 0) is 14.3 Å². The molecular formula is C14H19N3O3. The molecule has 1 unspecified atom stereocenters. The lowest BCUT2D eigenvalue weighted by molar-refractivity contribution is -0.136. The zero-order valence-corrected chi connectivity index (χ0v) is 12.0. The Morgan fingerprint density at radius 1 is 1.50 bits per heavy atom. The van der Waals surface area contributed by atoms with Gasteiger partial charge in [0.05, 0.1) is 12.3 Å². The number of hydrazone groups is 1. The molecular weight excluding hydrogens is 258 g/mol. The van der Waals surface area contributed by atoms with Crippen LogP contribution >= 0.6 is 0 Å². The largest absolute Gasteiger partial charge is 0.461 e. The molecule has 6 nitrogen and oxygen atoms in total. The van der Waals surface area contributed by atoms with Crippen LogP contribution in [0.2, 0.25) is 0 Å². The van der Waals surface area contributed by atoms with E-state index in [2.05, 4.69) is 10.1 Å². The third-order valence-corrected chi connectivity index (χ3v) is 3.10. The summed E-state index contributed by atoms with van der Waals surface area (Å²) < 4.78 is 10.6. The third-order valence-electron chi connectivity index (χ3n) is 3.10. The van der Waals surface area contributed by atoms with Crippen LogP contribution in [0, 0.1) is 0 Å². The highest BCUT2D eigenvalue weighted by atomic mass is 16.5. The van der Waals surface area contributed by atoms with Gasteiger partial charge in [0.25, 0.3) is 0 Å². The highest BCUT2D eigenvalue weighted by Crippen LogP contribution is 2.31. The Morgan fingerprint density at radius 2 is 2.30 bits per heavy atom. The monoisotopic (exact) mass is 277 g/mol. The van der Waals surface area contributed by atoms with Gasteiger partial charge in [-0.3, -0.25) is 9.99 Å². The predicted molar refractivity (Wildman–Crippen MR) is 75.7 cm³/mol. The van der Waals surface area contributed by atoms with Crippen molar-refractivity contribution in [2.75, 3.05) is 25.8 Å². The minimum atomic E-state index is -0.587. The fourth-order valence-electron chi connectivity index (χ4n) is 2.04. The first kappa shape index (κ1) is 14.5. The van der Waals surface area contributed by atoms with Crippen LogP contribution in [0.3, 0.4) is 0 Å². The molecule has 0 N–H and O–H groups in total. The smallest absolute Gasteiger partial charge is 0.357 e. The van der Waals surface area contributed by atoms with Gasteiger partial charge in [0.1, 0.15) is 5.69 Å². The van der Waals surface area contributed by atoms with Crippen molar-refractivity contribution in [1.82, 2.24) is 4.98 Å². The lowest BCUT2D eigenvalue weighted by Crippen LogP contribution is -2.34. The lowest BCUT2D eigenvalue weighted by atomic mass is 10.1. The number of hydrogen-bond donors (Lipinski definition) is 0. The van der Waals surface area contributed by atoms with Gasteiger partial charge < -0.3 is 9.47 Å². The number of esters is 1. The lowest BCUT2D eigenvalue weighted by Gasteiger charge is -2.28. The molecule has 0 radical (unpaired) electrons. The SMILES string of the molecule is CCCCOC(=O)C1=NN(C)c2cccnc2C1OC. The number of carbonyl (C=O) groups is 1. The topological polar surface area (TPSA) is 64.0 Å². The summed E-state index contributed by atoms with van der Waals surface area (Å²) in [4.78, 5) is 16.4. The van der Waals surface area contributed by atoms with Gasteiger partial charge in [0.15, 0.2) is 11.8 Å². The van der Waals surface area contributed by atoms with E-state index in [0.29, 0.717) is 12.3 Å². The van der Waals surface area contributed by atoms with E-state index in [1.54, 1.807) is 18.3 Å². The molecule has 2 rings (SSSR count). The molecule has 1 aromatic heterocycles. The van der Waals surface area contributed by atoms with Crippen LogP contribution in [0.5, 0.6) is 0 Å². The molecule has 1 aliphatic heterocycles. The van der Waals surface area contributed by atoms with Gasteiger partial charge in [-0.25, -0.2) is 4.79 Å². The standard InChI is InChI=1S/C14H19N3O3/c1-4-5-9-20-14(18)12-13(19-3)11-10(17(2)16-12)7-6-8-15-11/h6-8,13H,4-5,9H2,1-3H3. The summed E-state index contributed by atoms with van der Waals surface area (Å²) >= 11 is 0. The van der Waals surface area contributed by atoms with Crippen molar-refractivity contribution in [2.45, 2.75) is 25.9 Å². The molecule has 0 spiro atoms. The Morgan fingerprint density at radius 3 is 3.00 bits per heavy atom. The minimum Gasteiger partial charge on any atom is -0.461 e. The quantitative estimate of drug-likeness (QED) is 0.607. The molecule has 2 heterocycles. The average Bonchev–Trinajstić information content (AvgIpc) is 2.47. The Kier molecular flexibility index (Phi) is 4.68. The maximum atomic E-state index is 12.1. The van der Waals surface area contributed by atoms with Crippen molar-refractivity contribution < 1.29 is 14.3 Å². The molecule has 0 aliphatic carbocycles. The van der Waals surface area contributed by atoms with Crippen molar-refractivity contribution in [2.24, 2.45) is 5.10 Å². The summed E-state index contributed by atoms with van der Waals surface area (Å²) in [7, 11) is 3.30. The van der Waals surface area contributed by atoms with Gasteiger partial charge in [-0.2, -0.15) is 5.10 Å². The number of anilines is 1. The minimum absolute atomic E-state index is 0.234. The summed E-state index contributed by atoms with van der Waals surface area (Å²) in [5, 5.41) is 5.88. The van der Waals surface area contributed by atoms with Gasteiger partial charge in [0, 0.05) is 20.4 Å². The van der Waals surface area contributed by atoms with E-state index in [4.69, 9.17) is 9.47 Å². The van der Waals surface area contributed by atoms with Crippen molar-refractivity contribution in [3.63, 3.8) is 0 Å². The van der Waals surface area contributed by atoms with Crippen LogP contribution in [0.4, 0.5) is 5.69 Å². The molecule has 0 saturated carbocycles. The Bertz CT molecular complexity index is 516. The molecule has 0 aromatic carbocycles. The first-order valence-electron chi connectivity index (χ1n) is 6.66. The number of methoxy groups -OCH3 is 1. The highest BCUT2D eigenvalue weighted by molar-refractivity contribution is 6.38. The third kappa shape index (κ3) is 2.80. The Balaban J connectivity index is 2.23. The van der Waals surface area contributed by atoms with Gasteiger partial charge in [-0.15, -0.1) is 0 Å². The van der Waals surface area contributed by atoms with Gasteiger partial charge in [-0.1, -0.05) is 13.3 Å². The fraction of sp³-hybridized carbons (Fsp3) is 0.500. The molecule has 0 amide bonds. The number of fused-ring (bicyclic) bond motifs is 1.